The summed E-state index contributed by atoms with van der Waals surface area (Å²) >= 11 is 0.847. The first-order valence-corrected chi connectivity index (χ1v) is 8.23. The van der Waals surface area contributed by atoms with Gasteiger partial charge in [0.25, 0.3) is 0 Å². The molecule has 24 heavy (non-hydrogen) atoms. The van der Waals surface area contributed by atoms with Crippen molar-refractivity contribution in [3.8, 4) is 0 Å². The zero-order chi connectivity index (χ0) is 18.0. The van der Waals surface area contributed by atoms with Crippen molar-refractivity contribution in [3.63, 3.8) is 0 Å². The molecule has 0 aliphatic heterocycles. The van der Waals surface area contributed by atoms with Crippen LogP contribution in [0.25, 0.3) is 0 Å². The Bertz CT molecular complexity index is 658. The van der Waals surface area contributed by atoms with E-state index < -0.39 is 28.9 Å². The average molecular weight is 356 g/mol. The highest BCUT2D eigenvalue weighted by Crippen LogP contribution is 2.36. The largest absolute Gasteiger partial charge is 0.476 e. The summed E-state index contributed by atoms with van der Waals surface area (Å²) in [7, 11) is 0. The molecule has 132 valence electrons. The quantitative estimate of drug-likeness (QED) is 0.461. The van der Waals surface area contributed by atoms with Crippen LogP contribution in [0.15, 0.2) is 5.16 Å². The third-order valence-electron chi connectivity index (χ3n) is 3.35. The zero-order valence-electron chi connectivity index (χ0n) is 13.7. The fraction of sp³-hybridized carbons (Fsp3) is 0.643. The first-order chi connectivity index (χ1) is 11.1. The summed E-state index contributed by atoms with van der Waals surface area (Å²) in [5.41, 5.74) is 3.00. The van der Waals surface area contributed by atoms with E-state index in [9.17, 15) is 14.7 Å². The van der Waals surface area contributed by atoms with Crippen LogP contribution in [0.1, 0.15) is 52.3 Å². The van der Waals surface area contributed by atoms with Gasteiger partial charge in [-0.05, 0) is 33.6 Å². The van der Waals surface area contributed by atoms with Crippen molar-refractivity contribution >= 4 is 34.3 Å². The summed E-state index contributed by atoms with van der Waals surface area (Å²) in [5, 5.41) is 13.0. The van der Waals surface area contributed by atoms with Crippen LogP contribution in [-0.2, 0) is 19.2 Å². The highest BCUT2D eigenvalue weighted by molar-refractivity contribution is 7.09. The number of aromatic nitrogens is 2. The molecule has 0 bridgehead atoms. The molecule has 1 heterocycles. The standard InChI is InChI=1S/C14H20N4O5S/c1-13(2,3)22-11(21)14(6-4-5-7-14)23-17-8(10(19)20)9-16-12(15)24-18-9/h4-7H2,1-3H3,(H,19,20)(H2,15,16,18). The third-order valence-corrected chi connectivity index (χ3v) is 3.89. The summed E-state index contributed by atoms with van der Waals surface area (Å²) < 4.78 is 9.21. The van der Waals surface area contributed by atoms with Crippen molar-refractivity contribution in [3.05, 3.63) is 5.82 Å². The van der Waals surface area contributed by atoms with Gasteiger partial charge in [0.05, 0.1) is 0 Å². The van der Waals surface area contributed by atoms with E-state index in [4.69, 9.17) is 15.3 Å². The maximum atomic E-state index is 12.5. The minimum absolute atomic E-state index is 0.113. The first-order valence-electron chi connectivity index (χ1n) is 7.45. The van der Waals surface area contributed by atoms with Crippen LogP contribution >= 0.6 is 11.5 Å². The number of anilines is 1. The summed E-state index contributed by atoms with van der Waals surface area (Å²) in [4.78, 5) is 33.1. The van der Waals surface area contributed by atoms with Gasteiger partial charge >= 0.3 is 11.9 Å². The molecule has 1 aromatic heterocycles. The number of nitrogens with two attached hydrogens (primary N) is 1. The minimum Gasteiger partial charge on any atom is -0.476 e. The van der Waals surface area contributed by atoms with Gasteiger partial charge in [-0.25, -0.2) is 9.59 Å². The lowest BCUT2D eigenvalue weighted by molar-refractivity contribution is -0.183. The van der Waals surface area contributed by atoms with Gasteiger partial charge in [-0.15, -0.1) is 0 Å². The SMILES string of the molecule is CC(C)(C)OC(=O)C1(ON=C(C(=O)O)c2nsc(N)n2)CCCC1. The number of esters is 1. The van der Waals surface area contributed by atoms with E-state index in [0.29, 0.717) is 12.8 Å². The fourth-order valence-electron chi connectivity index (χ4n) is 2.29. The molecule has 0 saturated heterocycles. The van der Waals surface area contributed by atoms with Gasteiger partial charge in [0.2, 0.25) is 17.1 Å². The second kappa shape index (κ2) is 6.71. The molecule has 3 N–H and O–H groups in total. The summed E-state index contributed by atoms with van der Waals surface area (Å²) in [6, 6.07) is 0. The Balaban J connectivity index is 2.26. The van der Waals surface area contributed by atoms with Gasteiger partial charge in [0.1, 0.15) is 5.60 Å². The number of hydrogen-bond acceptors (Lipinski definition) is 9. The number of nitrogen functional groups attached to an aromatic ring is 1. The Morgan fingerprint density at radius 3 is 2.42 bits per heavy atom. The molecule has 1 aromatic rings. The summed E-state index contributed by atoms with van der Waals surface area (Å²) in [6.45, 7) is 5.25. The van der Waals surface area contributed by atoms with Gasteiger partial charge in [-0.3, -0.25) is 0 Å². The molecule has 2 rings (SSSR count). The molecule has 10 heteroatoms. The van der Waals surface area contributed by atoms with E-state index in [2.05, 4.69) is 14.5 Å². The maximum absolute atomic E-state index is 12.5. The van der Waals surface area contributed by atoms with Crippen LogP contribution < -0.4 is 5.73 Å². The Labute approximate surface area is 143 Å². The van der Waals surface area contributed by atoms with Crippen molar-refractivity contribution < 1.29 is 24.3 Å². The predicted molar refractivity (Wildman–Crippen MR) is 86.6 cm³/mol. The van der Waals surface area contributed by atoms with Crippen LogP contribution in [0, 0.1) is 0 Å². The lowest BCUT2D eigenvalue weighted by Crippen LogP contribution is -2.43. The number of hydrogen-bond donors (Lipinski definition) is 2. The number of oxime groups is 1. The molecule has 0 aromatic carbocycles. The normalized spacial score (nSPS) is 17.5. The van der Waals surface area contributed by atoms with E-state index in [0.717, 1.165) is 24.4 Å². The van der Waals surface area contributed by atoms with Crippen molar-refractivity contribution in [2.45, 2.75) is 57.7 Å². The Morgan fingerprint density at radius 2 is 1.96 bits per heavy atom. The van der Waals surface area contributed by atoms with Crippen LogP contribution in [-0.4, -0.2) is 43.3 Å². The molecule has 0 amide bonds. The molecule has 0 radical (unpaired) electrons. The molecule has 1 aliphatic rings. The second-order valence-corrected chi connectivity index (χ2v) is 7.28. The summed E-state index contributed by atoms with van der Waals surface area (Å²) in [6.07, 6.45) is 2.34. The number of rotatable bonds is 5. The van der Waals surface area contributed by atoms with Crippen LogP contribution in [0.5, 0.6) is 0 Å². The lowest BCUT2D eigenvalue weighted by Gasteiger charge is -2.29. The van der Waals surface area contributed by atoms with Crippen molar-refractivity contribution in [1.82, 2.24) is 9.36 Å². The predicted octanol–water partition coefficient (Wildman–Crippen LogP) is 1.58. The third kappa shape index (κ3) is 4.19. The van der Waals surface area contributed by atoms with Gasteiger partial charge in [-0.2, -0.15) is 9.36 Å². The van der Waals surface area contributed by atoms with Crippen LogP contribution in [0.3, 0.4) is 0 Å². The number of nitrogens with zero attached hydrogens (tertiary/aromatic N) is 3. The monoisotopic (exact) mass is 356 g/mol. The molecular weight excluding hydrogens is 336 g/mol. The van der Waals surface area contributed by atoms with Gasteiger partial charge in [0.15, 0.2) is 5.13 Å². The Hall–Kier alpha value is -2.23. The second-order valence-electron chi connectivity index (χ2n) is 6.50. The Morgan fingerprint density at radius 1 is 1.33 bits per heavy atom. The molecule has 9 nitrogen and oxygen atoms in total. The molecule has 1 aliphatic carbocycles. The van der Waals surface area contributed by atoms with E-state index >= 15 is 0 Å². The van der Waals surface area contributed by atoms with E-state index in [1.54, 1.807) is 20.8 Å². The lowest BCUT2D eigenvalue weighted by atomic mass is 10.0. The van der Waals surface area contributed by atoms with Crippen molar-refractivity contribution in [2.24, 2.45) is 5.16 Å². The zero-order valence-corrected chi connectivity index (χ0v) is 14.6. The van der Waals surface area contributed by atoms with Gasteiger partial charge in [0, 0.05) is 24.4 Å². The van der Waals surface area contributed by atoms with Gasteiger partial charge in [-0.1, -0.05) is 5.16 Å². The summed E-state index contributed by atoms with van der Waals surface area (Å²) in [5.74, 6) is -2.07. The maximum Gasteiger partial charge on any atom is 0.362 e. The highest BCUT2D eigenvalue weighted by Gasteiger charge is 2.47. The van der Waals surface area contributed by atoms with E-state index in [1.165, 1.54) is 0 Å². The Kier molecular flexibility index (Phi) is 5.07. The highest BCUT2D eigenvalue weighted by atomic mass is 32.1. The molecule has 0 atom stereocenters. The smallest absolute Gasteiger partial charge is 0.362 e. The first kappa shape index (κ1) is 18.1. The molecule has 0 unspecified atom stereocenters. The molecule has 0 spiro atoms. The average Bonchev–Trinajstić information content (AvgIpc) is 3.07. The molecular formula is C14H20N4O5S. The van der Waals surface area contributed by atoms with Crippen LogP contribution in [0.4, 0.5) is 5.13 Å². The minimum atomic E-state index is -1.37. The van der Waals surface area contributed by atoms with Crippen molar-refractivity contribution in [1.29, 1.82) is 0 Å². The molecule has 1 fully saturated rings. The number of ether oxygens (including phenoxy) is 1. The fourth-order valence-corrected chi connectivity index (χ4v) is 2.72. The van der Waals surface area contributed by atoms with E-state index in [-0.39, 0.29) is 11.0 Å². The topological polar surface area (TPSA) is 137 Å². The number of carbonyl (C=O) groups excluding carboxylic acids is 1. The van der Waals surface area contributed by atoms with Crippen molar-refractivity contribution in [2.75, 3.05) is 5.73 Å². The van der Waals surface area contributed by atoms with Crippen LogP contribution in [0.2, 0.25) is 0 Å². The number of carbonyl (C=O) groups is 2. The number of aliphatic carboxylic acids is 1. The van der Waals surface area contributed by atoms with Gasteiger partial charge < -0.3 is 20.4 Å². The van der Waals surface area contributed by atoms with E-state index in [1.807, 2.05) is 0 Å². The molecule has 1 saturated carbocycles. The number of carboxylic acid groups (broad SMARTS) is 1. The number of carboxylic acids is 1.